The lowest BCUT2D eigenvalue weighted by Gasteiger charge is -2.01. The number of hydrogen-bond donors (Lipinski definition) is 0. The predicted molar refractivity (Wildman–Crippen MR) is 60.4 cm³/mol. The van der Waals surface area contributed by atoms with Crippen LogP contribution in [0.1, 0.15) is 17.8 Å². The van der Waals surface area contributed by atoms with Crippen LogP contribution in [0.25, 0.3) is 5.65 Å². The molecule has 4 heteroatoms. The van der Waals surface area contributed by atoms with Gasteiger partial charge in [-0.25, -0.2) is 9.50 Å². The first-order valence-corrected chi connectivity index (χ1v) is 5.71. The first kappa shape index (κ1) is 9.78. The van der Waals surface area contributed by atoms with Crippen LogP contribution in [0.5, 0.6) is 0 Å². The smallest absolute Gasteiger partial charge is 0.155 e. The third-order valence-electron chi connectivity index (χ3n) is 3.02. The number of fused-ring (bicyclic) bond motifs is 1. The number of pyridine rings is 1. The van der Waals surface area contributed by atoms with E-state index < -0.39 is 0 Å². The van der Waals surface area contributed by atoms with Crippen molar-refractivity contribution in [3.8, 4) is 0 Å². The maximum Gasteiger partial charge on any atom is 0.155 e. The molecule has 3 heterocycles. The maximum atomic E-state index is 5.36. The summed E-state index contributed by atoms with van der Waals surface area (Å²) in [5, 5.41) is 4.49. The van der Waals surface area contributed by atoms with Crippen molar-refractivity contribution in [2.75, 3.05) is 13.2 Å². The lowest BCUT2D eigenvalue weighted by molar-refractivity contribution is 0.185. The molecular formula is C12H15N3O. The predicted octanol–water partition coefficient (Wildman–Crippen LogP) is 1.62. The van der Waals surface area contributed by atoms with E-state index in [9.17, 15) is 0 Å². The molecule has 4 nitrogen and oxygen atoms in total. The van der Waals surface area contributed by atoms with Gasteiger partial charge < -0.3 is 4.74 Å². The molecule has 0 aliphatic carbocycles. The zero-order valence-corrected chi connectivity index (χ0v) is 9.39. The summed E-state index contributed by atoms with van der Waals surface area (Å²) in [6, 6.07) is 4.07. The standard InChI is InChI=1S/C12H15N3O/c1-9-2-3-12-13-11(14-15(12)7-9)6-10-4-5-16-8-10/h2-3,7,10H,4-6,8H2,1H3. The average molecular weight is 217 g/mol. The second kappa shape index (κ2) is 3.87. The Hall–Kier alpha value is -1.42. The molecular weight excluding hydrogens is 202 g/mol. The number of rotatable bonds is 2. The van der Waals surface area contributed by atoms with Crippen molar-refractivity contribution >= 4 is 5.65 Å². The van der Waals surface area contributed by atoms with Gasteiger partial charge in [0.15, 0.2) is 11.5 Å². The lowest BCUT2D eigenvalue weighted by atomic mass is 10.1. The van der Waals surface area contributed by atoms with E-state index >= 15 is 0 Å². The molecule has 1 atom stereocenters. The van der Waals surface area contributed by atoms with Crippen LogP contribution in [0.4, 0.5) is 0 Å². The zero-order chi connectivity index (χ0) is 11.0. The summed E-state index contributed by atoms with van der Waals surface area (Å²) in [6.07, 6.45) is 4.08. The zero-order valence-electron chi connectivity index (χ0n) is 9.39. The van der Waals surface area contributed by atoms with Crippen molar-refractivity contribution in [2.24, 2.45) is 5.92 Å². The molecule has 2 aromatic rings. The SMILES string of the molecule is Cc1ccc2nc(CC3CCOC3)nn2c1. The van der Waals surface area contributed by atoms with Gasteiger partial charge in [0.05, 0.1) is 0 Å². The Morgan fingerprint density at radius 2 is 2.44 bits per heavy atom. The van der Waals surface area contributed by atoms with Crippen molar-refractivity contribution in [3.05, 3.63) is 29.7 Å². The fourth-order valence-corrected chi connectivity index (χ4v) is 2.12. The molecule has 84 valence electrons. The summed E-state index contributed by atoms with van der Waals surface area (Å²) in [5.41, 5.74) is 2.13. The summed E-state index contributed by atoms with van der Waals surface area (Å²) in [5.74, 6) is 1.53. The minimum absolute atomic E-state index is 0.596. The van der Waals surface area contributed by atoms with Crippen molar-refractivity contribution in [2.45, 2.75) is 19.8 Å². The number of nitrogens with zero attached hydrogens (tertiary/aromatic N) is 3. The van der Waals surface area contributed by atoms with E-state index in [1.165, 1.54) is 5.56 Å². The van der Waals surface area contributed by atoms with E-state index in [0.29, 0.717) is 5.92 Å². The van der Waals surface area contributed by atoms with Crippen LogP contribution in [0.3, 0.4) is 0 Å². The van der Waals surface area contributed by atoms with E-state index in [1.807, 2.05) is 16.8 Å². The van der Waals surface area contributed by atoms with E-state index in [-0.39, 0.29) is 0 Å². The van der Waals surface area contributed by atoms with Gasteiger partial charge in [-0.3, -0.25) is 0 Å². The second-order valence-electron chi connectivity index (χ2n) is 4.47. The highest BCUT2D eigenvalue weighted by Crippen LogP contribution is 2.16. The molecule has 1 unspecified atom stereocenters. The summed E-state index contributed by atoms with van der Waals surface area (Å²) >= 11 is 0. The molecule has 0 radical (unpaired) electrons. The summed E-state index contributed by atoms with van der Waals surface area (Å²) in [6.45, 7) is 3.80. The molecule has 1 saturated heterocycles. The van der Waals surface area contributed by atoms with Crippen LogP contribution >= 0.6 is 0 Å². The number of aromatic nitrogens is 3. The molecule has 0 saturated carbocycles. The van der Waals surface area contributed by atoms with E-state index in [4.69, 9.17) is 4.74 Å². The number of ether oxygens (including phenoxy) is 1. The van der Waals surface area contributed by atoms with Crippen molar-refractivity contribution in [3.63, 3.8) is 0 Å². The third kappa shape index (κ3) is 1.80. The maximum absolute atomic E-state index is 5.36. The van der Waals surface area contributed by atoms with Crippen LogP contribution in [-0.4, -0.2) is 27.8 Å². The minimum atomic E-state index is 0.596. The second-order valence-corrected chi connectivity index (χ2v) is 4.47. The molecule has 0 N–H and O–H groups in total. The van der Waals surface area contributed by atoms with E-state index in [2.05, 4.69) is 23.1 Å². The number of hydrogen-bond acceptors (Lipinski definition) is 3. The van der Waals surface area contributed by atoms with Crippen LogP contribution < -0.4 is 0 Å². The average Bonchev–Trinajstić information content (AvgIpc) is 2.86. The molecule has 1 fully saturated rings. The van der Waals surface area contributed by atoms with Crippen molar-refractivity contribution in [1.29, 1.82) is 0 Å². The van der Waals surface area contributed by atoms with Gasteiger partial charge in [0, 0.05) is 25.8 Å². The fourth-order valence-electron chi connectivity index (χ4n) is 2.12. The Bertz CT molecular complexity index is 500. The van der Waals surface area contributed by atoms with Crippen molar-refractivity contribution < 1.29 is 4.74 Å². The molecule has 3 rings (SSSR count). The number of aryl methyl sites for hydroxylation is 1. The van der Waals surface area contributed by atoms with Crippen LogP contribution in [0, 0.1) is 12.8 Å². The normalized spacial score (nSPS) is 20.7. The molecule has 16 heavy (non-hydrogen) atoms. The molecule has 1 aliphatic rings. The largest absolute Gasteiger partial charge is 0.381 e. The first-order chi connectivity index (χ1) is 7.81. The van der Waals surface area contributed by atoms with Gasteiger partial charge in [0.1, 0.15) is 0 Å². The van der Waals surface area contributed by atoms with Crippen molar-refractivity contribution in [1.82, 2.24) is 14.6 Å². The van der Waals surface area contributed by atoms with Crippen LogP contribution in [0.2, 0.25) is 0 Å². The fraction of sp³-hybridized carbons (Fsp3) is 0.500. The molecule has 1 aliphatic heterocycles. The minimum Gasteiger partial charge on any atom is -0.381 e. The van der Waals surface area contributed by atoms with Gasteiger partial charge >= 0.3 is 0 Å². The topological polar surface area (TPSA) is 39.4 Å². The van der Waals surface area contributed by atoms with Crippen LogP contribution in [-0.2, 0) is 11.2 Å². The third-order valence-corrected chi connectivity index (χ3v) is 3.02. The van der Waals surface area contributed by atoms with E-state index in [1.54, 1.807) is 0 Å². The highest BCUT2D eigenvalue weighted by atomic mass is 16.5. The van der Waals surface area contributed by atoms with Gasteiger partial charge in [0.2, 0.25) is 0 Å². The van der Waals surface area contributed by atoms with Gasteiger partial charge in [-0.2, -0.15) is 5.10 Å². The first-order valence-electron chi connectivity index (χ1n) is 5.71. The summed E-state index contributed by atoms with van der Waals surface area (Å²) < 4.78 is 7.22. The molecule has 0 bridgehead atoms. The molecule has 0 aromatic carbocycles. The Balaban J connectivity index is 1.86. The summed E-state index contributed by atoms with van der Waals surface area (Å²) in [7, 11) is 0. The molecule has 2 aromatic heterocycles. The monoisotopic (exact) mass is 217 g/mol. The van der Waals surface area contributed by atoms with Gasteiger partial charge in [-0.1, -0.05) is 6.07 Å². The molecule has 0 spiro atoms. The summed E-state index contributed by atoms with van der Waals surface area (Å²) in [4.78, 5) is 4.51. The Kier molecular flexibility index (Phi) is 2.36. The quantitative estimate of drug-likeness (QED) is 0.767. The Labute approximate surface area is 94.3 Å². The molecule has 0 amide bonds. The Morgan fingerprint density at radius 1 is 1.50 bits per heavy atom. The van der Waals surface area contributed by atoms with Gasteiger partial charge in [0.25, 0.3) is 0 Å². The van der Waals surface area contributed by atoms with E-state index in [0.717, 1.165) is 37.5 Å². The highest BCUT2D eigenvalue weighted by Gasteiger charge is 2.18. The van der Waals surface area contributed by atoms with Crippen LogP contribution in [0.15, 0.2) is 18.3 Å². The highest BCUT2D eigenvalue weighted by molar-refractivity contribution is 5.38. The Morgan fingerprint density at radius 3 is 3.25 bits per heavy atom. The lowest BCUT2D eigenvalue weighted by Crippen LogP contribution is -2.05. The van der Waals surface area contributed by atoms with Gasteiger partial charge in [-0.05, 0) is 30.9 Å². The van der Waals surface area contributed by atoms with Gasteiger partial charge in [-0.15, -0.1) is 0 Å².